The Morgan fingerprint density at radius 3 is 2.93 bits per heavy atom. The van der Waals surface area contributed by atoms with Gasteiger partial charge in [-0.25, -0.2) is 9.98 Å². The van der Waals surface area contributed by atoms with Crippen LogP contribution in [0.2, 0.25) is 0 Å². The summed E-state index contributed by atoms with van der Waals surface area (Å²) in [6.45, 7) is 7.61. The SMILES string of the molecule is CCNC(=NCc1ccc2c(c1)CCCN2C)N(C)Cc1csc(C)n1.I. The van der Waals surface area contributed by atoms with Gasteiger partial charge in [0.25, 0.3) is 0 Å². The lowest BCUT2D eigenvalue weighted by Crippen LogP contribution is -2.38. The molecule has 1 aliphatic rings. The molecule has 7 heteroatoms. The molecule has 0 unspecified atom stereocenters. The van der Waals surface area contributed by atoms with Crippen molar-refractivity contribution in [1.29, 1.82) is 0 Å². The number of fused-ring (bicyclic) bond motifs is 1. The third-order valence-corrected chi connectivity index (χ3v) is 5.49. The average Bonchev–Trinajstić information content (AvgIpc) is 3.03. The third kappa shape index (κ3) is 5.81. The van der Waals surface area contributed by atoms with Gasteiger partial charge in [-0.2, -0.15) is 0 Å². The number of rotatable bonds is 5. The van der Waals surface area contributed by atoms with E-state index in [-0.39, 0.29) is 24.0 Å². The fourth-order valence-electron chi connectivity index (χ4n) is 3.37. The Morgan fingerprint density at radius 2 is 2.22 bits per heavy atom. The summed E-state index contributed by atoms with van der Waals surface area (Å²) in [5, 5.41) is 6.62. The molecule has 1 aromatic carbocycles. The second-order valence-electron chi connectivity index (χ2n) is 6.87. The summed E-state index contributed by atoms with van der Waals surface area (Å²) >= 11 is 1.69. The Balaban J connectivity index is 0.00000261. The van der Waals surface area contributed by atoms with E-state index < -0.39 is 0 Å². The van der Waals surface area contributed by atoms with Crippen molar-refractivity contribution in [2.75, 3.05) is 32.1 Å². The number of benzene rings is 1. The van der Waals surface area contributed by atoms with Crippen molar-refractivity contribution in [3.8, 4) is 0 Å². The molecule has 0 bridgehead atoms. The summed E-state index contributed by atoms with van der Waals surface area (Å²) in [5.74, 6) is 0.924. The van der Waals surface area contributed by atoms with E-state index in [9.17, 15) is 0 Å². The van der Waals surface area contributed by atoms with Crippen molar-refractivity contribution in [3.63, 3.8) is 0 Å². The van der Waals surface area contributed by atoms with E-state index in [0.717, 1.165) is 36.3 Å². The Labute approximate surface area is 183 Å². The molecule has 3 rings (SSSR count). The van der Waals surface area contributed by atoms with Gasteiger partial charge >= 0.3 is 0 Å². The van der Waals surface area contributed by atoms with Crippen molar-refractivity contribution >= 4 is 47.0 Å². The second-order valence-corrected chi connectivity index (χ2v) is 7.93. The van der Waals surface area contributed by atoms with Gasteiger partial charge in [-0.3, -0.25) is 0 Å². The van der Waals surface area contributed by atoms with Gasteiger partial charge in [-0.15, -0.1) is 35.3 Å². The van der Waals surface area contributed by atoms with E-state index in [1.54, 1.807) is 11.3 Å². The van der Waals surface area contributed by atoms with Crippen LogP contribution >= 0.6 is 35.3 Å². The average molecular weight is 499 g/mol. The lowest BCUT2D eigenvalue weighted by Gasteiger charge is -2.27. The number of aryl methyl sites for hydroxylation is 2. The number of aromatic nitrogens is 1. The van der Waals surface area contributed by atoms with Crippen LogP contribution in [0.4, 0.5) is 5.69 Å². The number of halogens is 1. The van der Waals surface area contributed by atoms with E-state index in [1.807, 2.05) is 6.92 Å². The first-order valence-electron chi connectivity index (χ1n) is 9.30. The van der Waals surface area contributed by atoms with E-state index in [1.165, 1.54) is 29.7 Å². The molecule has 1 aliphatic heterocycles. The molecule has 0 radical (unpaired) electrons. The molecule has 0 fully saturated rings. The van der Waals surface area contributed by atoms with Gasteiger partial charge in [0, 0.05) is 38.3 Å². The molecule has 5 nitrogen and oxygen atoms in total. The first-order valence-corrected chi connectivity index (χ1v) is 10.2. The van der Waals surface area contributed by atoms with E-state index >= 15 is 0 Å². The normalized spacial score (nSPS) is 13.8. The van der Waals surface area contributed by atoms with Crippen molar-refractivity contribution < 1.29 is 0 Å². The highest BCUT2D eigenvalue weighted by Crippen LogP contribution is 2.27. The molecule has 148 valence electrons. The van der Waals surface area contributed by atoms with Gasteiger partial charge in [-0.1, -0.05) is 12.1 Å². The van der Waals surface area contributed by atoms with E-state index in [2.05, 4.69) is 64.7 Å². The Bertz CT molecular complexity index is 773. The molecule has 0 aliphatic carbocycles. The summed E-state index contributed by atoms with van der Waals surface area (Å²) in [6, 6.07) is 6.77. The number of thiazole rings is 1. The number of nitrogens with one attached hydrogen (secondary N) is 1. The first kappa shape index (κ1) is 21.9. The summed E-state index contributed by atoms with van der Waals surface area (Å²) in [7, 11) is 4.24. The van der Waals surface area contributed by atoms with Crippen LogP contribution in [0.15, 0.2) is 28.6 Å². The van der Waals surface area contributed by atoms with Gasteiger partial charge in [0.15, 0.2) is 5.96 Å². The second kappa shape index (κ2) is 10.3. The molecule has 0 saturated carbocycles. The first-order chi connectivity index (χ1) is 12.6. The van der Waals surface area contributed by atoms with Crippen LogP contribution in [0.1, 0.15) is 35.2 Å². The van der Waals surface area contributed by atoms with Gasteiger partial charge in [0.1, 0.15) is 0 Å². The van der Waals surface area contributed by atoms with Crippen molar-refractivity contribution in [2.45, 2.75) is 39.8 Å². The lowest BCUT2D eigenvalue weighted by atomic mass is 10.00. The van der Waals surface area contributed by atoms with Crippen LogP contribution in [0, 0.1) is 6.92 Å². The minimum absolute atomic E-state index is 0. The number of anilines is 1. The molecule has 0 amide bonds. The highest BCUT2D eigenvalue weighted by atomic mass is 127. The zero-order valence-electron chi connectivity index (χ0n) is 16.7. The molecule has 0 saturated heterocycles. The largest absolute Gasteiger partial charge is 0.374 e. The van der Waals surface area contributed by atoms with Crippen LogP contribution in [0.5, 0.6) is 0 Å². The predicted octanol–water partition coefficient (Wildman–Crippen LogP) is 4.05. The van der Waals surface area contributed by atoms with Crippen LogP contribution in [0.25, 0.3) is 0 Å². The Hall–Kier alpha value is -1.35. The monoisotopic (exact) mass is 499 g/mol. The van der Waals surface area contributed by atoms with Crippen LogP contribution in [0.3, 0.4) is 0 Å². The molecular weight excluding hydrogens is 469 g/mol. The van der Waals surface area contributed by atoms with Gasteiger partial charge in [0.05, 0.1) is 23.8 Å². The topological polar surface area (TPSA) is 43.8 Å². The van der Waals surface area contributed by atoms with Gasteiger partial charge in [0.2, 0.25) is 0 Å². The van der Waals surface area contributed by atoms with Crippen molar-refractivity contribution in [2.24, 2.45) is 4.99 Å². The van der Waals surface area contributed by atoms with Gasteiger partial charge in [-0.05, 0) is 43.9 Å². The fourth-order valence-corrected chi connectivity index (χ4v) is 3.98. The molecule has 1 aromatic heterocycles. The maximum absolute atomic E-state index is 4.85. The molecule has 0 spiro atoms. The summed E-state index contributed by atoms with van der Waals surface area (Å²) in [6.07, 6.45) is 2.40. The number of hydrogen-bond acceptors (Lipinski definition) is 4. The number of nitrogens with zero attached hydrogens (tertiary/aromatic N) is 4. The minimum Gasteiger partial charge on any atom is -0.374 e. The van der Waals surface area contributed by atoms with Crippen LogP contribution in [-0.4, -0.2) is 43.0 Å². The highest BCUT2D eigenvalue weighted by Gasteiger charge is 2.14. The minimum atomic E-state index is 0. The smallest absolute Gasteiger partial charge is 0.194 e. The molecule has 2 heterocycles. The number of aliphatic imine (C=N–C) groups is 1. The third-order valence-electron chi connectivity index (χ3n) is 4.67. The number of guanidine groups is 1. The number of hydrogen-bond donors (Lipinski definition) is 1. The van der Waals surface area contributed by atoms with Crippen LogP contribution < -0.4 is 10.2 Å². The highest BCUT2D eigenvalue weighted by molar-refractivity contribution is 14.0. The van der Waals surface area contributed by atoms with E-state index in [4.69, 9.17) is 4.99 Å². The standard InChI is InChI=1S/C20H29N5S.HI/c1-5-21-20(25(4)13-18-14-26-15(2)23-18)22-12-16-8-9-19-17(11-16)7-6-10-24(19)3;/h8-9,11,14H,5-7,10,12-13H2,1-4H3,(H,21,22);1H. The molecule has 0 atom stereocenters. The fraction of sp³-hybridized carbons (Fsp3) is 0.500. The van der Waals surface area contributed by atoms with Crippen LogP contribution in [-0.2, 0) is 19.5 Å². The summed E-state index contributed by atoms with van der Waals surface area (Å²) < 4.78 is 0. The molecule has 1 N–H and O–H groups in total. The quantitative estimate of drug-likeness (QED) is 0.383. The summed E-state index contributed by atoms with van der Waals surface area (Å²) in [4.78, 5) is 13.9. The Kier molecular flexibility index (Phi) is 8.34. The van der Waals surface area contributed by atoms with Crippen molar-refractivity contribution in [1.82, 2.24) is 15.2 Å². The zero-order chi connectivity index (χ0) is 18.5. The van der Waals surface area contributed by atoms with Crippen molar-refractivity contribution in [3.05, 3.63) is 45.4 Å². The molecular formula is C20H30IN5S. The molecule has 27 heavy (non-hydrogen) atoms. The predicted molar refractivity (Wildman–Crippen MR) is 127 cm³/mol. The molecule has 2 aromatic rings. The zero-order valence-corrected chi connectivity index (χ0v) is 19.8. The maximum atomic E-state index is 4.85. The lowest BCUT2D eigenvalue weighted by molar-refractivity contribution is 0.471. The maximum Gasteiger partial charge on any atom is 0.194 e. The van der Waals surface area contributed by atoms with E-state index in [0.29, 0.717) is 6.54 Å². The van der Waals surface area contributed by atoms with Gasteiger partial charge < -0.3 is 15.1 Å². The Morgan fingerprint density at radius 1 is 1.41 bits per heavy atom. The summed E-state index contributed by atoms with van der Waals surface area (Å²) in [5.41, 5.74) is 5.18.